The minimum absolute atomic E-state index is 0.00526. The first-order chi connectivity index (χ1) is 7.95. The molecule has 0 aliphatic heterocycles. The van der Waals surface area contributed by atoms with Gasteiger partial charge in [0.1, 0.15) is 0 Å². The van der Waals surface area contributed by atoms with Crippen molar-refractivity contribution in [1.82, 2.24) is 0 Å². The van der Waals surface area contributed by atoms with Gasteiger partial charge in [-0.3, -0.25) is 9.59 Å². The average Bonchev–Trinajstić information content (AvgIpc) is 2.24. The molecule has 1 aromatic carbocycles. The fourth-order valence-electron chi connectivity index (χ4n) is 1.34. The Balaban J connectivity index is 2.85. The molecule has 0 amide bonds. The molecule has 1 rings (SSSR count). The van der Waals surface area contributed by atoms with Crippen molar-refractivity contribution >= 4 is 34.8 Å². The maximum absolute atomic E-state index is 11.7. The summed E-state index contributed by atoms with van der Waals surface area (Å²) in [6.07, 6.45) is -0.00526. The third-order valence-corrected chi connectivity index (χ3v) is 2.96. The van der Waals surface area contributed by atoms with Gasteiger partial charge in [-0.25, -0.2) is 0 Å². The Kier molecular flexibility index (Phi) is 4.68. The maximum atomic E-state index is 11.7. The molecular formula is C12H9Cl2NO2. The predicted octanol–water partition coefficient (Wildman–Crippen LogP) is 2.83. The van der Waals surface area contributed by atoms with Crippen molar-refractivity contribution in [3.8, 4) is 6.07 Å². The van der Waals surface area contributed by atoms with Crippen molar-refractivity contribution in [3.05, 3.63) is 33.8 Å². The summed E-state index contributed by atoms with van der Waals surface area (Å²) in [7, 11) is 0. The highest BCUT2D eigenvalue weighted by Crippen LogP contribution is 2.23. The van der Waals surface area contributed by atoms with Gasteiger partial charge in [-0.1, -0.05) is 29.3 Å². The van der Waals surface area contributed by atoms with E-state index in [1.807, 2.05) is 0 Å². The van der Waals surface area contributed by atoms with E-state index in [4.69, 9.17) is 28.5 Å². The van der Waals surface area contributed by atoms with Crippen LogP contribution in [-0.4, -0.2) is 11.6 Å². The van der Waals surface area contributed by atoms with Crippen LogP contribution in [0, 0.1) is 17.2 Å². The molecule has 0 heterocycles. The number of carbonyl (C=O) groups excluding carboxylic acids is 2. The third kappa shape index (κ3) is 3.55. The van der Waals surface area contributed by atoms with Gasteiger partial charge < -0.3 is 0 Å². The molecule has 0 N–H and O–H groups in total. The van der Waals surface area contributed by atoms with Gasteiger partial charge in [0.2, 0.25) is 0 Å². The van der Waals surface area contributed by atoms with Gasteiger partial charge in [-0.2, -0.15) is 5.26 Å². The third-order valence-electron chi connectivity index (χ3n) is 2.22. The molecule has 0 saturated carbocycles. The summed E-state index contributed by atoms with van der Waals surface area (Å²) in [6, 6.07) is 6.45. The topological polar surface area (TPSA) is 57.9 Å². The van der Waals surface area contributed by atoms with E-state index in [9.17, 15) is 9.59 Å². The number of rotatable bonds is 4. The Morgan fingerprint density at radius 2 is 2.00 bits per heavy atom. The first-order valence-corrected chi connectivity index (χ1v) is 5.58. The molecule has 0 saturated heterocycles. The molecule has 17 heavy (non-hydrogen) atoms. The number of hydrogen-bond acceptors (Lipinski definition) is 3. The summed E-state index contributed by atoms with van der Waals surface area (Å²) in [4.78, 5) is 22.7. The summed E-state index contributed by atoms with van der Waals surface area (Å²) in [5, 5.41) is 9.44. The summed E-state index contributed by atoms with van der Waals surface area (Å²) in [5.74, 6) is -2.08. The van der Waals surface area contributed by atoms with E-state index < -0.39 is 17.5 Å². The van der Waals surface area contributed by atoms with Crippen LogP contribution >= 0.6 is 23.2 Å². The second kappa shape index (κ2) is 5.81. The number of ketones is 2. The van der Waals surface area contributed by atoms with E-state index >= 15 is 0 Å². The van der Waals surface area contributed by atoms with Gasteiger partial charge in [0.25, 0.3) is 0 Å². The molecule has 0 radical (unpaired) electrons. The molecule has 0 bridgehead atoms. The Labute approximate surface area is 109 Å². The fraction of sp³-hybridized carbons (Fsp3) is 0.250. The molecule has 0 aromatic heterocycles. The molecule has 88 valence electrons. The van der Waals surface area contributed by atoms with Crippen LogP contribution in [0.2, 0.25) is 10.0 Å². The highest BCUT2D eigenvalue weighted by molar-refractivity contribution is 6.42. The van der Waals surface area contributed by atoms with Crippen LogP contribution in [0.25, 0.3) is 0 Å². The molecule has 0 aliphatic carbocycles. The SMILES string of the molecule is CC(=O)C(C#N)C(=O)Cc1ccc(Cl)c(Cl)c1. The van der Waals surface area contributed by atoms with Gasteiger partial charge in [0.05, 0.1) is 16.1 Å². The monoisotopic (exact) mass is 269 g/mol. The van der Waals surface area contributed by atoms with E-state index in [0.717, 1.165) is 0 Å². The zero-order chi connectivity index (χ0) is 13.0. The molecule has 1 aromatic rings. The lowest BCUT2D eigenvalue weighted by molar-refractivity contribution is -0.128. The minimum Gasteiger partial charge on any atom is -0.298 e. The Hall–Kier alpha value is -1.37. The normalized spacial score (nSPS) is 11.6. The zero-order valence-electron chi connectivity index (χ0n) is 9.04. The van der Waals surface area contributed by atoms with E-state index in [2.05, 4.69) is 0 Å². The molecule has 0 fully saturated rings. The van der Waals surface area contributed by atoms with Gasteiger partial charge in [0, 0.05) is 6.42 Å². The lowest BCUT2D eigenvalue weighted by atomic mass is 9.96. The lowest BCUT2D eigenvalue weighted by Gasteiger charge is -2.05. The van der Waals surface area contributed by atoms with Crippen LogP contribution in [-0.2, 0) is 16.0 Å². The van der Waals surface area contributed by atoms with Crippen molar-refractivity contribution < 1.29 is 9.59 Å². The second-order valence-electron chi connectivity index (χ2n) is 3.56. The van der Waals surface area contributed by atoms with Crippen LogP contribution in [0.4, 0.5) is 0 Å². The number of nitrogens with zero attached hydrogens (tertiary/aromatic N) is 1. The number of nitriles is 1. The van der Waals surface area contributed by atoms with Gasteiger partial charge in [-0.15, -0.1) is 0 Å². The van der Waals surface area contributed by atoms with Crippen LogP contribution in [0.15, 0.2) is 18.2 Å². The zero-order valence-corrected chi connectivity index (χ0v) is 10.5. The van der Waals surface area contributed by atoms with Crippen molar-refractivity contribution in [1.29, 1.82) is 5.26 Å². The van der Waals surface area contributed by atoms with Crippen molar-refractivity contribution in [2.24, 2.45) is 5.92 Å². The van der Waals surface area contributed by atoms with Crippen molar-refractivity contribution in [2.75, 3.05) is 0 Å². The smallest absolute Gasteiger partial charge is 0.163 e. The standard InChI is InChI=1S/C12H9Cl2NO2/c1-7(16)9(6-15)12(17)5-8-2-3-10(13)11(14)4-8/h2-4,9H,5H2,1H3. The van der Waals surface area contributed by atoms with E-state index in [1.165, 1.54) is 6.92 Å². The Morgan fingerprint density at radius 3 is 2.47 bits per heavy atom. The van der Waals surface area contributed by atoms with Crippen molar-refractivity contribution in [2.45, 2.75) is 13.3 Å². The lowest BCUT2D eigenvalue weighted by Crippen LogP contribution is -2.21. The van der Waals surface area contributed by atoms with Gasteiger partial charge in [0.15, 0.2) is 17.5 Å². The molecule has 1 unspecified atom stereocenters. The number of benzene rings is 1. The van der Waals surface area contributed by atoms with Crippen LogP contribution < -0.4 is 0 Å². The molecule has 1 atom stereocenters. The summed E-state index contributed by atoms with van der Waals surface area (Å²) < 4.78 is 0. The first kappa shape index (κ1) is 13.7. The number of Topliss-reactive ketones (excluding diaryl/α,β-unsaturated/α-hetero) is 2. The quantitative estimate of drug-likeness (QED) is 0.790. The largest absolute Gasteiger partial charge is 0.298 e. The number of halogens is 2. The maximum Gasteiger partial charge on any atom is 0.163 e. The second-order valence-corrected chi connectivity index (χ2v) is 4.38. The highest BCUT2D eigenvalue weighted by atomic mass is 35.5. The summed E-state index contributed by atoms with van der Waals surface area (Å²) in [6.45, 7) is 1.22. The molecule has 0 aliphatic rings. The average molecular weight is 270 g/mol. The van der Waals surface area contributed by atoms with Gasteiger partial charge in [-0.05, 0) is 24.6 Å². The first-order valence-electron chi connectivity index (χ1n) is 4.82. The fourth-order valence-corrected chi connectivity index (χ4v) is 1.66. The minimum atomic E-state index is -1.20. The summed E-state index contributed by atoms with van der Waals surface area (Å²) >= 11 is 11.5. The van der Waals surface area contributed by atoms with E-state index in [-0.39, 0.29) is 6.42 Å². The highest BCUT2D eigenvalue weighted by Gasteiger charge is 2.22. The molecule has 5 heteroatoms. The van der Waals surface area contributed by atoms with Crippen LogP contribution in [0.1, 0.15) is 12.5 Å². The molecule has 3 nitrogen and oxygen atoms in total. The number of carbonyl (C=O) groups is 2. The van der Waals surface area contributed by atoms with E-state index in [0.29, 0.717) is 15.6 Å². The van der Waals surface area contributed by atoms with Crippen LogP contribution in [0.5, 0.6) is 0 Å². The Morgan fingerprint density at radius 1 is 1.35 bits per heavy atom. The number of hydrogen-bond donors (Lipinski definition) is 0. The van der Waals surface area contributed by atoms with E-state index in [1.54, 1.807) is 24.3 Å². The van der Waals surface area contributed by atoms with Crippen LogP contribution in [0.3, 0.4) is 0 Å². The predicted molar refractivity (Wildman–Crippen MR) is 65.0 cm³/mol. The summed E-state index contributed by atoms with van der Waals surface area (Å²) in [5.41, 5.74) is 0.630. The van der Waals surface area contributed by atoms with Crippen molar-refractivity contribution in [3.63, 3.8) is 0 Å². The molecular weight excluding hydrogens is 261 g/mol. The Bertz CT molecular complexity index is 506. The molecule has 0 spiro atoms. The van der Waals surface area contributed by atoms with Gasteiger partial charge >= 0.3 is 0 Å².